The van der Waals surface area contributed by atoms with Crippen molar-refractivity contribution in [3.05, 3.63) is 29.8 Å². The summed E-state index contributed by atoms with van der Waals surface area (Å²) in [5.41, 5.74) is 2.06. The number of thioether (sulfide) groups is 1. The van der Waals surface area contributed by atoms with Crippen molar-refractivity contribution in [2.45, 2.75) is 69.4 Å². The van der Waals surface area contributed by atoms with Gasteiger partial charge in [0.05, 0.1) is 0 Å². The van der Waals surface area contributed by atoms with Crippen LogP contribution in [0.4, 0.5) is 0 Å². The summed E-state index contributed by atoms with van der Waals surface area (Å²) in [6, 6.07) is 8.97. The monoisotopic (exact) mass is 305 g/mol. The van der Waals surface area contributed by atoms with E-state index in [0.29, 0.717) is 5.41 Å². The van der Waals surface area contributed by atoms with E-state index in [0.717, 1.165) is 11.8 Å². The van der Waals surface area contributed by atoms with Crippen molar-refractivity contribution < 1.29 is 0 Å². The first-order valence-electron chi connectivity index (χ1n) is 8.68. The Morgan fingerprint density at radius 2 is 2.05 bits per heavy atom. The van der Waals surface area contributed by atoms with Gasteiger partial charge in [0.15, 0.2) is 0 Å². The molecule has 0 fully saturated rings. The van der Waals surface area contributed by atoms with Crippen molar-refractivity contribution in [1.82, 2.24) is 5.32 Å². The van der Waals surface area contributed by atoms with Crippen molar-refractivity contribution in [3.8, 4) is 0 Å². The van der Waals surface area contributed by atoms with Crippen molar-refractivity contribution >= 4 is 11.8 Å². The summed E-state index contributed by atoms with van der Waals surface area (Å²) in [6.45, 7) is 9.20. The highest BCUT2D eigenvalue weighted by atomic mass is 32.2. The molecule has 0 bridgehead atoms. The van der Waals surface area contributed by atoms with Gasteiger partial charge in [-0.05, 0) is 49.3 Å². The van der Waals surface area contributed by atoms with Crippen LogP contribution in [-0.2, 0) is 6.42 Å². The molecule has 1 aliphatic rings. The van der Waals surface area contributed by atoms with E-state index in [1.165, 1.54) is 50.0 Å². The number of hydrogen-bond donors (Lipinski definition) is 1. The van der Waals surface area contributed by atoms with Crippen LogP contribution in [0.25, 0.3) is 0 Å². The molecule has 2 rings (SSSR count). The average molecular weight is 306 g/mol. The van der Waals surface area contributed by atoms with Crippen LogP contribution >= 0.6 is 11.8 Å². The largest absolute Gasteiger partial charge is 0.316 e. The van der Waals surface area contributed by atoms with E-state index in [-0.39, 0.29) is 0 Å². The minimum Gasteiger partial charge on any atom is -0.316 e. The molecule has 2 unspecified atom stereocenters. The van der Waals surface area contributed by atoms with Gasteiger partial charge in [0.2, 0.25) is 0 Å². The fraction of sp³-hybridized carbons (Fsp3) is 0.684. The molecule has 0 radical (unpaired) electrons. The van der Waals surface area contributed by atoms with E-state index >= 15 is 0 Å². The maximum absolute atomic E-state index is 3.63. The Hall–Kier alpha value is -0.470. The normalized spacial score (nSPS) is 20.2. The highest BCUT2D eigenvalue weighted by Gasteiger charge is 2.33. The summed E-state index contributed by atoms with van der Waals surface area (Å²) in [7, 11) is 0. The smallest absolute Gasteiger partial charge is 0.0141 e. The highest BCUT2D eigenvalue weighted by Crippen LogP contribution is 2.44. The molecule has 21 heavy (non-hydrogen) atoms. The van der Waals surface area contributed by atoms with Crippen LogP contribution in [0.5, 0.6) is 0 Å². The summed E-state index contributed by atoms with van der Waals surface area (Å²) in [5, 5.41) is 4.41. The van der Waals surface area contributed by atoms with Crippen molar-refractivity contribution in [1.29, 1.82) is 0 Å². The van der Waals surface area contributed by atoms with Crippen LogP contribution in [0.15, 0.2) is 29.2 Å². The zero-order chi connectivity index (χ0) is 15.1. The number of fused-ring (bicyclic) bond motifs is 1. The average Bonchev–Trinajstić information content (AvgIpc) is 2.92. The van der Waals surface area contributed by atoms with Crippen LogP contribution < -0.4 is 5.32 Å². The van der Waals surface area contributed by atoms with E-state index in [1.54, 1.807) is 5.56 Å². The van der Waals surface area contributed by atoms with E-state index in [4.69, 9.17) is 0 Å². The molecule has 0 spiro atoms. The maximum Gasteiger partial charge on any atom is 0.0141 e. The van der Waals surface area contributed by atoms with Gasteiger partial charge in [-0.25, -0.2) is 0 Å². The molecule has 0 saturated heterocycles. The molecule has 1 nitrogen and oxygen atoms in total. The molecule has 0 aromatic heterocycles. The highest BCUT2D eigenvalue weighted by molar-refractivity contribution is 8.00. The Kier molecular flexibility index (Phi) is 6.63. The van der Waals surface area contributed by atoms with Crippen LogP contribution in [0.2, 0.25) is 0 Å². The molecule has 2 atom stereocenters. The molecule has 0 amide bonds. The Morgan fingerprint density at radius 3 is 2.71 bits per heavy atom. The second kappa shape index (κ2) is 8.24. The zero-order valence-corrected chi connectivity index (χ0v) is 14.8. The number of nitrogens with one attached hydrogen (secondary N) is 1. The molecular formula is C19H31NS. The third-order valence-electron chi connectivity index (χ3n) is 4.94. The van der Waals surface area contributed by atoms with Gasteiger partial charge in [0, 0.05) is 16.7 Å². The van der Waals surface area contributed by atoms with Crippen LogP contribution in [0.3, 0.4) is 0 Å². The first kappa shape index (κ1) is 16.9. The second-order valence-electron chi connectivity index (χ2n) is 6.49. The minimum atomic E-state index is 0.492. The van der Waals surface area contributed by atoms with Gasteiger partial charge in [0.1, 0.15) is 0 Å². The quantitative estimate of drug-likeness (QED) is 0.665. The lowest BCUT2D eigenvalue weighted by Gasteiger charge is -2.35. The molecule has 0 aliphatic carbocycles. The third-order valence-corrected chi connectivity index (χ3v) is 6.25. The summed E-state index contributed by atoms with van der Waals surface area (Å²) < 4.78 is 0. The molecule has 1 N–H and O–H groups in total. The van der Waals surface area contributed by atoms with E-state index in [9.17, 15) is 0 Å². The molecule has 1 aromatic rings. The van der Waals surface area contributed by atoms with E-state index < -0.39 is 0 Å². The van der Waals surface area contributed by atoms with Crippen molar-refractivity contribution in [2.75, 3.05) is 13.1 Å². The zero-order valence-electron chi connectivity index (χ0n) is 14.0. The van der Waals surface area contributed by atoms with Gasteiger partial charge >= 0.3 is 0 Å². The lowest BCUT2D eigenvalue weighted by Crippen LogP contribution is -2.36. The number of benzene rings is 1. The van der Waals surface area contributed by atoms with Gasteiger partial charge in [-0.1, -0.05) is 51.8 Å². The molecule has 1 heterocycles. The summed E-state index contributed by atoms with van der Waals surface area (Å²) in [6.07, 6.45) is 7.97. The van der Waals surface area contributed by atoms with E-state index in [1.807, 2.05) is 0 Å². The molecule has 2 heteroatoms. The summed E-state index contributed by atoms with van der Waals surface area (Å²) in [5.74, 6) is 0. The maximum atomic E-state index is 3.63. The SMILES string of the molecule is CCCCC(CC)(CNCC)CC1Cc2ccccc2S1. The number of unbranched alkanes of at least 4 members (excludes halogenated alkanes) is 1. The predicted octanol–water partition coefficient (Wildman–Crippen LogP) is 5.29. The van der Waals surface area contributed by atoms with E-state index in [2.05, 4.69) is 62.1 Å². The minimum absolute atomic E-state index is 0.492. The Morgan fingerprint density at radius 1 is 1.24 bits per heavy atom. The van der Waals surface area contributed by atoms with Gasteiger partial charge in [-0.2, -0.15) is 0 Å². The van der Waals surface area contributed by atoms with Crippen LogP contribution in [0.1, 0.15) is 58.4 Å². The lowest BCUT2D eigenvalue weighted by molar-refractivity contribution is 0.212. The van der Waals surface area contributed by atoms with Gasteiger partial charge in [-0.15, -0.1) is 11.8 Å². The topological polar surface area (TPSA) is 12.0 Å². The Bertz CT molecular complexity index is 396. The van der Waals surface area contributed by atoms with Gasteiger partial charge in [-0.3, -0.25) is 0 Å². The Labute approximate surface area is 135 Å². The van der Waals surface area contributed by atoms with Crippen molar-refractivity contribution in [3.63, 3.8) is 0 Å². The Balaban J connectivity index is 2.01. The molecular weight excluding hydrogens is 274 g/mol. The first-order chi connectivity index (χ1) is 10.2. The molecule has 0 saturated carbocycles. The van der Waals surface area contributed by atoms with Crippen LogP contribution in [0, 0.1) is 5.41 Å². The standard InChI is InChI=1S/C19H31NS/c1-4-7-12-19(5-2,15-20-6-3)14-17-13-16-10-8-9-11-18(16)21-17/h8-11,17,20H,4-7,12-15H2,1-3H3. The fourth-order valence-corrected chi connectivity index (χ4v) is 5.02. The van der Waals surface area contributed by atoms with Gasteiger partial charge < -0.3 is 5.32 Å². The number of rotatable bonds is 9. The molecule has 118 valence electrons. The van der Waals surface area contributed by atoms with Crippen molar-refractivity contribution in [2.24, 2.45) is 5.41 Å². The van der Waals surface area contributed by atoms with Crippen LogP contribution in [-0.4, -0.2) is 18.3 Å². The van der Waals surface area contributed by atoms with Gasteiger partial charge in [0.25, 0.3) is 0 Å². The summed E-state index contributed by atoms with van der Waals surface area (Å²) >= 11 is 2.12. The first-order valence-corrected chi connectivity index (χ1v) is 9.56. The molecule has 1 aliphatic heterocycles. The summed E-state index contributed by atoms with van der Waals surface area (Å²) in [4.78, 5) is 1.52. The lowest BCUT2D eigenvalue weighted by atomic mass is 9.75. The molecule has 1 aromatic carbocycles. The number of hydrogen-bond acceptors (Lipinski definition) is 2. The second-order valence-corrected chi connectivity index (χ2v) is 7.84. The fourth-order valence-electron chi connectivity index (χ4n) is 3.50. The predicted molar refractivity (Wildman–Crippen MR) is 95.2 cm³/mol. The third kappa shape index (κ3) is 4.50.